The molecule has 2 rings (SSSR count). The minimum absolute atomic E-state index is 0.204. The van der Waals surface area contributed by atoms with E-state index in [4.69, 9.17) is 5.73 Å². The lowest BCUT2D eigenvalue weighted by Crippen LogP contribution is -2.61. The van der Waals surface area contributed by atoms with Crippen molar-refractivity contribution in [3.05, 3.63) is 35.4 Å². The first-order valence-corrected chi connectivity index (χ1v) is 13.5. The van der Waals surface area contributed by atoms with Gasteiger partial charge in [-0.1, -0.05) is 45.0 Å². The first-order chi connectivity index (χ1) is 16.0. The number of nitrogens with two attached hydrogens (primary N) is 1. The summed E-state index contributed by atoms with van der Waals surface area (Å²) in [5.41, 5.74) is 7.55. The van der Waals surface area contributed by atoms with E-state index in [2.05, 4.69) is 23.3 Å². The van der Waals surface area contributed by atoms with Crippen LogP contribution >= 0.6 is 24.4 Å². The molecule has 1 aliphatic rings. The lowest BCUT2D eigenvalue weighted by atomic mass is 9.84. The molecule has 5 N–H and O–H groups in total. The fourth-order valence-electron chi connectivity index (χ4n) is 4.01. The predicted octanol–water partition coefficient (Wildman–Crippen LogP) is 1.52. The number of hydrogen-bond donors (Lipinski definition) is 5. The van der Waals surface area contributed by atoms with Gasteiger partial charge in [-0.05, 0) is 35.0 Å². The van der Waals surface area contributed by atoms with Crippen LogP contribution in [0, 0.1) is 5.41 Å². The first kappa shape index (κ1) is 28.5. The van der Waals surface area contributed by atoms with Crippen LogP contribution in [-0.4, -0.2) is 76.3 Å². The number of aliphatic carboxylic acids is 1. The zero-order valence-electron chi connectivity index (χ0n) is 20.4. The van der Waals surface area contributed by atoms with Crippen LogP contribution in [-0.2, 0) is 27.3 Å². The highest BCUT2D eigenvalue weighted by Crippen LogP contribution is 2.28. The first-order valence-electron chi connectivity index (χ1n) is 11.5. The van der Waals surface area contributed by atoms with Crippen LogP contribution in [0.5, 0.6) is 0 Å². The van der Waals surface area contributed by atoms with Gasteiger partial charge in [0.1, 0.15) is 12.1 Å². The SMILES string of the molecule is CSCC[C@H](NC(=O)[C@H]1Cc2ccccc2CN1C(=O)[C@@H](NCC(N)CS)C(C)(C)C)C(=O)O. The second-order valence-electron chi connectivity index (χ2n) is 9.79. The summed E-state index contributed by atoms with van der Waals surface area (Å²) >= 11 is 5.75. The Morgan fingerprint density at radius 2 is 1.91 bits per heavy atom. The summed E-state index contributed by atoms with van der Waals surface area (Å²) in [6.45, 7) is 6.58. The molecule has 8 nitrogen and oxygen atoms in total. The van der Waals surface area contributed by atoms with Crippen molar-refractivity contribution in [2.75, 3.05) is 24.3 Å². The number of thiol groups is 1. The van der Waals surface area contributed by atoms with Gasteiger partial charge >= 0.3 is 5.97 Å². The Bertz CT molecular complexity index is 862. The second kappa shape index (κ2) is 12.8. The molecular weight excluding hydrogens is 472 g/mol. The summed E-state index contributed by atoms with van der Waals surface area (Å²) in [5, 5.41) is 15.5. The minimum atomic E-state index is -1.08. The molecule has 1 aromatic carbocycles. The Kier molecular flexibility index (Phi) is 10.7. The molecule has 1 heterocycles. The van der Waals surface area contributed by atoms with Crippen LogP contribution in [0.2, 0.25) is 0 Å². The molecule has 0 saturated heterocycles. The molecule has 0 aromatic heterocycles. The molecule has 1 unspecified atom stereocenters. The molecule has 0 bridgehead atoms. The van der Waals surface area contributed by atoms with E-state index in [9.17, 15) is 19.5 Å². The maximum absolute atomic E-state index is 13.9. The number of nitrogens with one attached hydrogen (secondary N) is 2. The van der Waals surface area contributed by atoms with E-state index in [1.807, 2.05) is 51.3 Å². The highest BCUT2D eigenvalue weighted by Gasteiger charge is 2.41. The zero-order valence-corrected chi connectivity index (χ0v) is 22.1. The quantitative estimate of drug-likeness (QED) is 0.286. The van der Waals surface area contributed by atoms with E-state index in [0.717, 1.165) is 11.1 Å². The summed E-state index contributed by atoms with van der Waals surface area (Å²) in [5.74, 6) is -0.645. The molecule has 0 saturated carbocycles. The van der Waals surface area contributed by atoms with Gasteiger partial charge in [0.2, 0.25) is 11.8 Å². The van der Waals surface area contributed by atoms with Crippen LogP contribution < -0.4 is 16.4 Å². The Balaban J connectivity index is 2.35. The maximum Gasteiger partial charge on any atom is 0.326 e. The van der Waals surface area contributed by atoms with E-state index < -0.39 is 35.4 Å². The number of nitrogens with zero attached hydrogens (tertiary/aromatic N) is 1. The highest BCUT2D eigenvalue weighted by atomic mass is 32.2. The summed E-state index contributed by atoms with van der Waals surface area (Å²) < 4.78 is 0. The number of carboxylic acids is 1. The summed E-state index contributed by atoms with van der Waals surface area (Å²) in [4.78, 5) is 40.5. The monoisotopic (exact) mass is 510 g/mol. The van der Waals surface area contributed by atoms with E-state index in [1.165, 1.54) is 11.8 Å². The highest BCUT2D eigenvalue weighted by molar-refractivity contribution is 7.98. The van der Waals surface area contributed by atoms with Crippen molar-refractivity contribution in [3.8, 4) is 0 Å². The summed E-state index contributed by atoms with van der Waals surface area (Å²) in [7, 11) is 0. The summed E-state index contributed by atoms with van der Waals surface area (Å²) in [6, 6.07) is 5.13. The number of carbonyl (C=O) groups is 3. The molecule has 190 valence electrons. The third kappa shape index (κ3) is 7.63. The Labute approximate surface area is 212 Å². The largest absolute Gasteiger partial charge is 0.480 e. The number of thioether (sulfide) groups is 1. The summed E-state index contributed by atoms with van der Waals surface area (Å²) in [6.07, 6.45) is 2.53. The Morgan fingerprint density at radius 3 is 2.47 bits per heavy atom. The van der Waals surface area contributed by atoms with Crippen molar-refractivity contribution in [2.24, 2.45) is 11.1 Å². The van der Waals surface area contributed by atoms with E-state index in [1.54, 1.807) is 4.90 Å². The normalized spacial score (nSPS) is 18.5. The second-order valence-corrected chi connectivity index (χ2v) is 11.1. The van der Waals surface area contributed by atoms with Gasteiger partial charge in [0.25, 0.3) is 0 Å². The molecular formula is C24H38N4O4S2. The fraction of sp³-hybridized carbons (Fsp3) is 0.625. The standard InChI is InChI=1S/C24H38N4O4S2/c1-24(2,3)20(26-12-17(25)14-33)22(30)28-13-16-8-6-5-7-15(16)11-19(28)21(29)27-18(23(31)32)9-10-34-4/h5-8,17-20,26,33H,9-14,25H2,1-4H3,(H,27,29)(H,31,32)/t17?,18-,19+,20+/m0/s1. The van der Waals surface area contributed by atoms with Crippen LogP contribution in [0.4, 0.5) is 0 Å². The number of carbonyl (C=O) groups excluding carboxylic acids is 2. The number of amides is 2. The Morgan fingerprint density at radius 1 is 1.26 bits per heavy atom. The fourth-order valence-corrected chi connectivity index (χ4v) is 4.61. The number of fused-ring (bicyclic) bond motifs is 1. The number of hydrogen-bond acceptors (Lipinski definition) is 7. The number of rotatable bonds is 11. The molecule has 0 radical (unpaired) electrons. The smallest absolute Gasteiger partial charge is 0.326 e. The molecule has 2 amide bonds. The van der Waals surface area contributed by atoms with Gasteiger partial charge < -0.3 is 26.4 Å². The molecule has 4 atom stereocenters. The van der Waals surface area contributed by atoms with E-state index in [-0.39, 0.29) is 18.5 Å². The van der Waals surface area contributed by atoms with Crippen molar-refractivity contribution in [1.29, 1.82) is 0 Å². The molecule has 10 heteroatoms. The van der Waals surface area contributed by atoms with Crippen LogP contribution in [0.3, 0.4) is 0 Å². The topological polar surface area (TPSA) is 125 Å². The molecule has 0 fully saturated rings. The van der Waals surface area contributed by atoms with Crippen molar-refractivity contribution in [2.45, 2.75) is 64.3 Å². The zero-order chi connectivity index (χ0) is 25.5. The average molecular weight is 511 g/mol. The van der Waals surface area contributed by atoms with Crippen LogP contribution in [0.1, 0.15) is 38.3 Å². The van der Waals surface area contributed by atoms with Gasteiger partial charge in [-0.2, -0.15) is 24.4 Å². The number of benzene rings is 1. The maximum atomic E-state index is 13.9. The van der Waals surface area contributed by atoms with Crippen LogP contribution in [0.25, 0.3) is 0 Å². The molecule has 0 aliphatic carbocycles. The van der Waals surface area contributed by atoms with E-state index in [0.29, 0.717) is 30.9 Å². The predicted molar refractivity (Wildman–Crippen MR) is 140 cm³/mol. The van der Waals surface area contributed by atoms with Gasteiger partial charge in [0.05, 0.1) is 6.04 Å². The van der Waals surface area contributed by atoms with E-state index >= 15 is 0 Å². The van der Waals surface area contributed by atoms with Crippen molar-refractivity contribution >= 4 is 42.2 Å². The lowest BCUT2D eigenvalue weighted by Gasteiger charge is -2.41. The van der Waals surface area contributed by atoms with Crippen LogP contribution in [0.15, 0.2) is 24.3 Å². The lowest BCUT2D eigenvalue weighted by molar-refractivity contribution is -0.147. The van der Waals surface area contributed by atoms with Gasteiger partial charge in [0, 0.05) is 31.3 Å². The molecule has 34 heavy (non-hydrogen) atoms. The van der Waals surface area contributed by atoms with Crippen molar-refractivity contribution in [1.82, 2.24) is 15.5 Å². The molecule has 1 aromatic rings. The average Bonchev–Trinajstić information content (AvgIpc) is 2.79. The van der Waals surface area contributed by atoms with Crippen molar-refractivity contribution < 1.29 is 19.5 Å². The third-order valence-corrected chi connectivity index (χ3v) is 7.10. The van der Waals surface area contributed by atoms with Gasteiger partial charge in [-0.3, -0.25) is 9.59 Å². The van der Waals surface area contributed by atoms with Gasteiger partial charge in [-0.25, -0.2) is 4.79 Å². The van der Waals surface area contributed by atoms with Crippen molar-refractivity contribution in [3.63, 3.8) is 0 Å². The number of carboxylic acid groups (broad SMARTS) is 1. The van der Waals surface area contributed by atoms with Gasteiger partial charge in [-0.15, -0.1) is 0 Å². The minimum Gasteiger partial charge on any atom is -0.480 e. The molecule has 1 aliphatic heterocycles. The third-order valence-electron chi connectivity index (χ3n) is 5.99. The van der Waals surface area contributed by atoms with Gasteiger partial charge in [0.15, 0.2) is 0 Å². The Hall–Kier alpha value is -1.75. The molecule has 0 spiro atoms.